The van der Waals surface area contributed by atoms with E-state index in [4.69, 9.17) is 13.6 Å². The van der Waals surface area contributed by atoms with Crippen molar-refractivity contribution in [2.75, 3.05) is 26.2 Å². The molecule has 1 fully saturated rings. The second-order valence-corrected chi connectivity index (χ2v) is 9.34. The molecule has 0 saturated carbocycles. The van der Waals surface area contributed by atoms with E-state index < -0.39 is 5.60 Å². The van der Waals surface area contributed by atoms with Crippen LogP contribution in [-0.2, 0) is 4.74 Å². The zero-order valence-electron chi connectivity index (χ0n) is 18.7. The molecule has 0 atom stereocenters. The van der Waals surface area contributed by atoms with Gasteiger partial charge in [0.25, 0.3) is 0 Å². The van der Waals surface area contributed by atoms with Crippen molar-refractivity contribution in [3.05, 3.63) is 72.2 Å². The number of amides is 1. The standard InChI is InChI=1S/C26H28N2O4/c1-26(2,3)32-25(29)28-12-10-27(11-13-28)24(20-4-6-22-18(16-20)8-14-30-22)21-5-7-23-19(17-21)9-15-31-23/h4-9,14-17,24H,10-13H2,1-3H3. The second kappa shape index (κ2) is 8.02. The molecule has 0 aliphatic carbocycles. The predicted octanol–water partition coefficient (Wildman–Crippen LogP) is 5.82. The molecule has 0 N–H and O–H groups in total. The van der Waals surface area contributed by atoms with Crippen molar-refractivity contribution < 1.29 is 18.4 Å². The molecular formula is C26H28N2O4. The van der Waals surface area contributed by atoms with Gasteiger partial charge in [-0.25, -0.2) is 4.79 Å². The Hall–Kier alpha value is -3.25. The van der Waals surface area contributed by atoms with E-state index in [9.17, 15) is 4.79 Å². The molecule has 0 spiro atoms. The minimum atomic E-state index is -0.489. The smallest absolute Gasteiger partial charge is 0.410 e. The summed E-state index contributed by atoms with van der Waals surface area (Å²) >= 11 is 0. The minimum Gasteiger partial charge on any atom is -0.464 e. The van der Waals surface area contributed by atoms with Gasteiger partial charge in [-0.05, 0) is 68.3 Å². The second-order valence-electron chi connectivity index (χ2n) is 9.34. The number of furan rings is 2. The first-order chi connectivity index (χ1) is 15.4. The molecular weight excluding hydrogens is 404 g/mol. The van der Waals surface area contributed by atoms with Crippen LogP contribution in [0.4, 0.5) is 4.79 Å². The molecule has 1 aliphatic rings. The molecule has 1 saturated heterocycles. The summed E-state index contributed by atoms with van der Waals surface area (Å²) in [5, 5.41) is 2.17. The van der Waals surface area contributed by atoms with E-state index in [0.29, 0.717) is 13.1 Å². The lowest BCUT2D eigenvalue weighted by molar-refractivity contribution is 0.0119. The van der Waals surface area contributed by atoms with Gasteiger partial charge in [-0.15, -0.1) is 0 Å². The first-order valence-electron chi connectivity index (χ1n) is 11.0. The Morgan fingerprint density at radius 1 is 0.844 bits per heavy atom. The number of fused-ring (bicyclic) bond motifs is 2. The van der Waals surface area contributed by atoms with Crippen LogP contribution in [0.15, 0.2) is 69.9 Å². The molecule has 5 rings (SSSR count). The molecule has 166 valence electrons. The molecule has 0 bridgehead atoms. The van der Waals surface area contributed by atoms with E-state index in [1.165, 1.54) is 11.1 Å². The first-order valence-corrected chi connectivity index (χ1v) is 11.0. The summed E-state index contributed by atoms with van der Waals surface area (Å²) < 4.78 is 16.7. The van der Waals surface area contributed by atoms with E-state index in [-0.39, 0.29) is 12.1 Å². The lowest BCUT2D eigenvalue weighted by Crippen LogP contribution is -2.51. The number of rotatable bonds is 3. The van der Waals surface area contributed by atoms with E-state index >= 15 is 0 Å². The summed E-state index contributed by atoms with van der Waals surface area (Å²) in [4.78, 5) is 16.8. The van der Waals surface area contributed by atoms with Crippen molar-refractivity contribution >= 4 is 28.0 Å². The summed E-state index contributed by atoms with van der Waals surface area (Å²) in [7, 11) is 0. The van der Waals surface area contributed by atoms with Crippen LogP contribution in [0.25, 0.3) is 21.9 Å². The third kappa shape index (κ3) is 4.10. The number of piperazine rings is 1. The van der Waals surface area contributed by atoms with E-state index in [1.807, 2.05) is 45.0 Å². The summed E-state index contributed by atoms with van der Waals surface area (Å²) in [6.07, 6.45) is 3.20. The summed E-state index contributed by atoms with van der Waals surface area (Å²) in [6, 6.07) is 16.8. The lowest BCUT2D eigenvalue weighted by Gasteiger charge is -2.40. The summed E-state index contributed by atoms with van der Waals surface area (Å²) in [6.45, 7) is 8.48. The van der Waals surface area contributed by atoms with Crippen LogP contribution in [0.2, 0.25) is 0 Å². The highest BCUT2D eigenvalue weighted by molar-refractivity contribution is 5.79. The number of hydrogen-bond donors (Lipinski definition) is 0. The van der Waals surface area contributed by atoms with Gasteiger partial charge in [0.15, 0.2) is 0 Å². The van der Waals surface area contributed by atoms with Crippen molar-refractivity contribution in [3.63, 3.8) is 0 Å². The highest BCUT2D eigenvalue weighted by atomic mass is 16.6. The highest BCUT2D eigenvalue weighted by Gasteiger charge is 2.30. The quantitative estimate of drug-likeness (QED) is 0.408. The van der Waals surface area contributed by atoms with Crippen molar-refractivity contribution in [1.82, 2.24) is 9.80 Å². The highest BCUT2D eigenvalue weighted by Crippen LogP contribution is 2.34. The van der Waals surface area contributed by atoms with Crippen LogP contribution < -0.4 is 0 Å². The maximum absolute atomic E-state index is 12.5. The molecule has 1 amide bonds. The number of ether oxygens (including phenoxy) is 1. The van der Waals surface area contributed by atoms with Crippen LogP contribution in [-0.4, -0.2) is 47.7 Å². The fourth-order valence-corrected chi connectivity index (χ4v) is 4.41. The Kier molecular flexibility index (Phi) is 5.18. The first kappa shape index (κ1) is 20.6. The van der Waals surface area contributed by atoms with Gasteiger partial charge in [-0.2, -0.15) is 0 Å². The predicted molar refractivity (Wildman–Crippen MR) is 124 cm³/mol. The molecule has 32 heavy (non-hydrogen) atoms. The van der Waals surface area contributed by atoms with Crippen molar-refractivity contribution in [1.29, 1.82) is 0 Å². The van der Waals surface area contributed by atoms with Crippen LogP contribution >= 0.6 is 0 Å². The average molecular weight is 433 g/mol. The molecule has 3 heterocycles. The van der Waals surface area contributed by atoms with Gasteiger partial charge in [-0.3, -0.25) is 4.90 Å². The topological polar surface area (TPSA) is 59.1 Å². The molecule has 6 heteroatoms. The molecule has 2 aromatic carbocycles. The van der Waals surface area contributed by atoms with Gasteiger partial charge >= 0.3 is 6.09 Å². The SMILES string of the molecule is CC(C)(C)OC(=O)N1CCN(C(c2ccc3occc3c2)c2ccc3occc3c2)CC1. The Morgan fingerprint density at radius 2 is 1.38 bits per heavy atom. The van der Waals surface area contributed by atoms with Gasteiger partial charge in [0.2, 0.25) is 0 Å². The maximum atomic E-state index is 12.5. The zero-order chi connectivity index (χ0) is 22.3. The number of nitrogens with zero attached hydrogens (tertiary/aromatic N) is 2. The minimum absolute atomic E-state index is 0.0642. The summed E-state index contributed by atoms with van der Waals surface area (Å²) in [5.74, 6) is 0. The Morgan fingerprint density at radius 3 is 1.88 bits per heavy atom. The van der Waals surface area contributed by atoms with Gasteiger partial charge in [-0.1, -0.05) is 12.1 Å². The fraction of sp³-hybridized carbons (Fsp3) is 0.346. The van der Waals surface area contributed by atoms with Crippen LogP contribution in [0.3, 0.4) is 0 Å². The molecule has 1 aliphatic heterocycles. The van der Waals surface area contributed by atoms with Gasteiger partial charge in [0.05, 0.1) is 18.6 Å². The molecule has 4 aromatic rings. The van der Waals surface area contributed by atoms with Crippen LogP contribution in [0.5, 0.6) is 0 Å². The van der Waals surface area contributed by atoms with E-state index in [2.05, 4.69) is 29.2 Å². The summed E-state index contributed by atoms with van der Waals surface area (Å²) in [5.41, 5.74) is 3.68. The third-order valence-electron chi connectivity index (χ3n) is 5.92. The molecule has 2 aromatic heterocycles. The number of carbonyl (C=O) groups is 1. The van der Waals surface area contributed by atoms with E-state index in [0.717, 1.165) is 35.0 Å². The van der Waals surface area contributed by atoms with Crippen molar-refractivity contribution in [2.45, 2.75) is 32.4 Å². The van der Waals surface area contributed by atoms with Gasteiger partial charge < -0.3 is 18.5 Å². The monoisotopic (exact) mass is 432 g/mol. The lowest BCUT2D eigenvalue weighted by atomic mass is 9.94. The van der Waals surface area contributed by atoms with Crippen molar-refractivity contribution in [3.8, 4) is 0 Å². The maximum Gasteiger partial charge on any atom is 0.410 e. The number of carbonyl (C=O) groups excluding carboxylic acids is 1. The van der Waals surface area contributed by atoms with Crippen LogP contribution in [0, 0.1) is 0 Å². The Bertz CT molecular complexity index is 1170. The van der Waals surface area contributed by atoms with Crippen LogP contribution in [0.1, 0.15) is 37.9 Å². The van der Waals surface area contributed by atoms with Gasteiger partial charge in [0.1, 0.15) is 16.8 Å². The Balaban J connectivity index is 1.44. The number of benzene rings is 2. The molecule has 6 nitrogen and oxygen atoms in total. The van der Waals surface area contributed by atoms with E-state index in [1.54, 1.807) is 17.4 Å². The third-order valence-corrected chi connectivity index (χ3v) is 5.92. The Labute approximate surface area is 187 Å². The zero-order valence-corrected chi connectivity index (χ0v) is 18.7. The normalized spacial score (nSPS) is 15.7. The molecule has 0 radical (unpaired) electrons. The number of hydrogen-bond acceptors (Lipinski definition) is 5. The fourth-order valence-electron chi connectivity index (χ4n) is 4.41. The largest absolute Gasteiger partial charge is 0.464 e. The van der Waals surface area contributed by atoms with Gasteiger partial charge in [0, 0.05) is 37.0 Å². The van der Waals surface area contributed by atoms with Crippen molar-refractivity contribution in [2.24, 2.45) is 0 Å². The molecule has 0 unspecified atom stereocenters. The average Bonchev–Trinajstić information content (AvgIpc) is 3.41.